The molecular formula is C14H23N3O3. The number of carboxylic acids is 1. The van der Waals surface area contributed by atoms with E-state index in [0.29, 0.717) is 11.7 Å². The van der Waals surface area contributed by atoms with Gasteiger partial charge < -0.3 is 10.4 Å². The van der Waals surface area contributed by atoms with Crippen LogP contribution in [-0.2, 0) is 16.0 Å². The Balaban J connectivity index is 2.96. The van der Waals surface area contributed by atoms with Gasteiger partial charge in [0.05, 0.1) is 11.7 Å². The average Bonchev–Trinajstić information content (AvgIpc) is 2.87. The Labute approximate surface area is 119 Å². The predicted octanol–water partition coefficient (Wildman–Crippen LogP) is 1.62. The van der Waals surface area contributed by atoms with Gasteiger partial charge in [-0.3, -0.25) is 14.3 Å². The van der Waals surface area contributed by atoms with Crippen molar-refractivity contribution in [2.45, 2.75) is 46.1 Å². The van der Waals surface area contributed by atoms with E-state index in [4.69, 9.17) is 0 Å². The van der Waals surface area contributed by atoms with Crippen molar-refractivity contribution in [3.63, 3.8) is 0 Å². The minimum absolute atomic E-state index is 0.0785. The summed E-state index contributed by atoms with van der Waals surface area (Å²) in [5.41, 5.74) is -0.882. The molecule has 1 heterocycles. The summed E-state index contributed by atoms with van der Waals surface area (Å²) in [5, 5.41) is 16.1. The van der Waals surface area contributed by atoms with Gasteiger partial charge in [-0.05, 0) is 25.8 Å². The van der Waals surface area contributed by atoms with Crippen molar-refractivity contribution < 1.29 is 14.7 Å². The molecule has 2 N–H and O–H groups in total. The third-order valence-corrected chi connectivity index (χ3v) is 3.72. The van der Waals surface area contributed by atoms with Crippen molar-refractivity contribution in [1.29, 1.82) is 0 Å². The number of carboxylic acid groups (broad SMARTS) is 1. The highest BCUT2D eigenvalue weighted by Gasteiger charge is 2.41. The van der Waals surface area contributed by atoms with Crippen LogP contribution in [0.25, 0.3) is 0 Å². The lowest BCUT2D eigenvalue weighted by atomic mass is 9.84. The van der Waals surface area contributed by atoms with Crippen LogP contribution in [0.15, 0.2) is 12.3 Å². The molecule has 0 bridgehead atoms. The quantitative estimate of drug-likeness (QED) is 0.744. The first-order chi connectivity index (χ1) is 9.38. The monoisotopic (exact) mass is 281 g/mol. The van der Waals surface area contributed by atoms with E-state index in [2.05, 4.69) is 24.3 Å². The van der Waals surface area contributed by atoms with E-state index < -0.39 is 17.3 Å². The van der Waals surface area contributed by atoms with Gasteiger partial charge in [0.15, 0.2) is 0 Å². The molecule has 1 aromatic rings. The van der Waals surface area contributed by atoms with Gasteiger partial charge in [-0.1, -0.05) is 13.8 Å². The first-order valence-corrected chi connectivity index (χ1v) is 6.88. The summed E-state index contributed by atoms with van der Waals surface area (Å²) in [6.45, 7) is 5.59. The number of nitrogens with zero attached hydrogens (tertiary/aromatic N) is 2. The highest BCUT2D eigenvalue weighted by molar-refractivity contribution is 6.01. The Morgan fingerprint density at radius 1 is 1.45 bits per heavy atom. The lowest BCUT2D eigenvalue weighted by molar-refractivity contribution is -0.154. The maximum Gasteiger partial charge on any atom is 0.319 e. The predicted molar refractivity (Wildman–Crippen MR) is 75.4 cm³/mol. The lowest BCUT2D eigenvalue weighted by Gasteiger charge is -2.21. The average molecular weight is 281 g/mol. The molecule has 0 spiro atoms. The summed E-state index contributed by atoms with van der Waals surface area (Å²) in [6.07, 6.45) is 3.85. The van der Waals surface area contributed by atoms with Crippen LogP contribution in [0.5, 0.6) is 0 Å². The van der Waals surface area contributed by atoms with Crippen molar-refractivity contribution in [2.75, 3.05) is 7.05 Å². The van der Waals surface area contributed by atoms with Gasteiger partial charge in [0.1, 0.15) is 5.41 Å². The Bertz CT molecular complexity index is 480. The maximum absolute atomic E-state index is 11.8. The molecule has 0 aliphatic carbocycles. The van der Waals surface area contributed by atoms with Crippen LogP contribution in [-0.4, -0.2) is 33.8 Å². The minimum Gasteiger partial charge on any atom is -0.480 e. The molecule has 1 unspecified atom stereocenters. The number of carbonyl (C=O) groups is 2. The van der Waals surface area contributed by atoms with Gasteiger partial charge in [-0.15, -0.1) is 0 Å². The van der Waals surface area contributed by atoms with E-state index in [9.17, 15) is 14.7 Å². The van der Waals surface area contributed by atoms with Gasteiger partial charge >= 0.3 is 5.97 Å². The van der Waals surface area contributed by atoms with Crippen LogP contribution in [0.3, 0.4) is 0 Å². The van der Waals surface area contributed by atoms with Gasteiger partial charge in [0.2, 0.25) is 5.91 Å². The first kappa shape index (κ1) is 16.2. The first-order valence-electron chi connectivity index (χ1n) is 6.88. The molecule has 0 aliphatic heterocycles. The number of hydrogen-bond donors (Lipinski definition) is 2. The number of nitrogens with one attached hydrogen (secondary N) is 1. The molecular weight excluding hydrogens is 258 g/mol. The molecule has 1 atom stereocenters. The molecule has 6 heteroatoms. The molecule has 0 aliphatic rings. The second kappa shape index (κ2) is 6.54. The maximum atomic E-state index is 11.8. The molecule has 0 aromatic carbocycles. The van der Waals surface area contributed by atoms with Crippen molar-refractivity contribution in [3.8, 4) is 0 Å². The second-order valence-electron chi connectivity index (χ2n) is 5.15. The number of carbonyl (C=O) groups excluding carboxylic acids is 1. The molecule has 1 rings (SSSR count). The fourth-order valence-electron chi connectivity index (χ4n) is 2.23. The summed E-state index contributed by atoms with van der Waals surface area (Å²) in [5.74, 6) is -1.66. The second-order valence-corrected chi connectivity index (χ2v) is 5.15. The standard InChI is InChI=1S/C14H23N3O3/c1-5-11(6-2)17-8-7-10(16-17)9-14(3,13(19)20)12(18)15-4/h7-8,11H,5-6,9H2,1-4H3,(H,15,18)(H,19,20). The Morgan fingerprint density at radius 2 is 2.05 bits per heavy atom. The van der Waals surface area contributed by atoms with Crippen LogP contribution < -0.4 is 5.32 Å². The summed E-state index contributed by atoms with van der Waals surface area (Å²) in [4.78, 5) is 23.2. The molecule has 1 amide bonds. The number of rotatable bonds is 7. The molecule has 0 saturated carbocycles. The van der Waals surface area contributed by atoms with Crippen LogP contribution in [0.4, 0.5) is 0 Å². The van der Waals surface area contributed by atoms with E-state index in [-0.39, 0.29) is 6.42 Å². The van der Waals surface area contributed by atoms with E-state index in [1.807, 2.05) is 10.9 Å². The van der Waals surface area contributed by atoms with E-state index >= 15 is 0 Å². The summed E-state index contributed by atoms with van der Waals surface area (Å²) >= 11 is 0. The molecule has 1 aromatic heterocycles. The summed E-state index contributed by atoms with van der Waals surface area (Å²) < 4.78 is 1.85. The highest BCUT2D eigenvalue weighted by Crippen LogP contribution is 2.24. The summed E-state index contributed by atoms with van der Waals surface area (Å²) in [7, 11) is 1.44. The van der Waals surface area contributed by atoms with Crippen molar-refractivity contribution in [1.82, 2.24) is 15.1 Å². The fraction of sp³-hybridized carbons (Fsp3) is 0.643. The van der Waals surface area contributed by atoms with Gasteiger partial charge in [0.25, 0.3) is 0 Å². The molecule has 6 nitrogen and oxygen atoms in total. The molecule has 0 radical (unpaired) electrons. The largest absolute Gasteiger partial charge is 0.480 e. The molecule has 112 valence electrons. The molecule has 20 heavy (non-hydrogen) atoms. The fourth-order valence-corrected chi connectivity index (χ4v) is 2.23. The molecule has 0 fully saturated rings. The van der Waals surface area contributed by atoms with Crippen LogP contribution in [0, 0.1) is 5.41 Å². The highest BCUT2D eigenvalue weighted by atomic mass is 16.4. The zero-order valence-electron chi connectivity index (χ0n) is 12.5. The molecule has 0 saturated heterocycles. The lowest BCUT2D eigenvalue weighted by Crippen LogP contribution is -2.44. The minimum atomic E-state index is -1.50. The van der Waals surface area contributed by atoms with E-state index in [1.165, 1.54) is 14.0 Å². The van der Waals surface area contributed by atoms with Crippen molar-refractivity contribution >= 4 is 11.9 Å². The van der Waals surface area contributed by atoms with Crippen LogP contribution >= 0.6 is 0 Å². The Morgan fingerprint density at radius 3 is 2.50 bits per heavy atom. The Kier molecular flexibility index (Phi) is 5.30. The van der Waals surface area contributed by atoms with Crippen LogP contribution in [0.2, 0.25) is 0 Å². The number of amides is 1. The number of hydrogen-bond acceptors (Lipinski definition) is 3. The Hall–Kier alpha value is -1.85. The van der Waals surface area contributed by atoms with E-state index in [1.54, 1.807) is 6.07 Å². The van der Waals surface area contributed by atoms with E-state index in [0.717, 1.165) is 12.8 Å². The number of aromatic nitrogens is 2. The third-order valence-electron chi connectivity index (χ3n) is 3.72. The smallest absolute Gasteiger partial charge is 0.319 e. The zero-order valence-corrected chi connectivity index (χ0v) is 12.5. The van der Waals surface area contributed by atoms with Gasteiger partial charge in [0, 0.05) is 19.7 Å². The van der Waals surface area contributed by atoms with Crippen molar-refractivity contribution in [3.05, 3.63) is 18.0 Å². The normalized spacial score (nSPS) is 14.1. The third kappa shape index (κ3) is 3.18. The number of aliphatic carboxylic acids is 1. The summed E-state index contributed by atoms with van der Waals surface area (Å²) in [6, 6.07) is 2.09. The van der Waals surface area contributed by atoms with Crippen LogP contribution in [0.1, 0.15) is 45.3 Å². The van der Waals surface area contributed by atoms with Gasteiger partial charge in [-0.25, -0.2) is 0 Å². The SMILES string of the molecule is CCC(CC)n1ccc(CC(C)(C(=O)O)C(=O)NC)n1. The topological polar surface area (TPSA) is 84.2 Å². The van der Waals surface area contributed by atoms with Gasteiger partial charge in [-0.2, -0.15) is 5.10 Å². The zero-order chi connectivity index (χ0) is 15.3. The van der Waals surface area contributed by atoms with Crippen molar-refractivity contribution in [2.24, 2.45) is 5.41 Å².